The molecule has 1 aromatic carbocycles. The first-order valence-electron chi connectivity index (χ1n) is 4.16. The van der Waals surface area contributed by atoms with Crippen LogP contribution in [-0.2, 0) is 11.3 Å². The SMILES string of the molecule is C=Cc1ccc2c(c1C)COC2=O. The average Bonchev–Trinajstić information content (AvgIpc) is 2.50. The molecule has 1 heterocycles. The van der Waals surface area contributed by atoms with Gasteiger partial charge < -0.3 is 4.74 Å². The van der Waals surface area contributed by atoms with Gasteiger partial charge in [-0.05, 0) is 24.1 Å². The van der Waals surface area contributed by atoms with Crippen LogP contribution >= 0.6 is 0 Å². The molecule has 2 rings (SSSR count). The number of carbonyl (C=O) groups excluding carboxylic acids is 1. The van der Waals surface area contributed by atoms with Crippen molar-refractivity contribution in [3.63, 3.8) is 0 Å². The Balaban J connectivity index is 2.66. The number of esters is 1. The molecular weight excluding hydrogens is 164 g/mol. The molecule has 0 saturated heterocycles. The molecule has 0 amide bonds. The van der Waals surface area contributed by atoms with Crippen molar-refractivity contribution in [2.75, 3.05) is 0 Å². The van der Waals surface area contributed by atoms with E-state index in [1.165, 1.54) is 0 Å². The van der Waals surface area contributed by atoms with Crippen molar-refractivity contribution in [1.82, 2.24) is 0 Å². The third kappa shape index (κ3) is 1.06. The quantitative estimate of drug-likeness (QED) is 0.610. The van der Waals surface area contributed by atoms with Crippen molar-refractivity contribution in [3.05, 3.63) is 41.0 Å². The maximum Gasteiger partial charge on any atom is 0.338 e. The van der Waals surface area contributed by atoms with E-state index in [0.29, 0.717) is 12.2 Å². The highest BCUT2D eigenvalue weighted by Gasteiger charge is 2.22. The minimum atomic E-state index is -0.214. The highest BCUT2D eigenvalue weighted by Crippen LogP contribution is 2.26. The Kier molecular flexibility index (Phi) is 1.69. The van der Waals surface area contributed by atoms with Gasteiger partial charge in [-0.15, -0.1) is 0 Å². The van der Waals surface area contributed by atoms with Crippen LogP contribution in [0.4, 0.5) is 0 Å². The van der Waals surface area contributed by atoms with E-state index in [1.807, 2.05) is 13.0 Å². The second kappa shape index (κ2) is 2.73. The largest absolute Gasteiger partial charge is 0.457 e. The third-order valence-electron chi connectivity index (χ3n) is 2.43. The van der Waals surface area contributed by atoms with Crippen molar-refractivity contribution in [1.29, 1.82) is 0 Å². The lowest BCUT2D eigenvalue weighted by molar-refractivity contribution is 0.0535. The molecule has 0 unspecified atom stereocenters. The highest BCUT2D eigenvalue weighted by atomic mass is 16.5. The lowest BCUT2D eigenvalue weighted by Crippen LogP contribution is -1.94. The van der Waals surface area contributed by atoms with Crippen LogP contribution in [0.15, 0.2) is 18.7 Å². The maximum absolute atomic E-state index is 11.2. The van der Waals surface area contributed by atoms with E-state index in [4.69, 9.17) is 4.74 Å². The van der Waals surface area contributed by atoms with Crippen molar-refractivity contribution in [3.8, 4) is 0 Å². The van der Waals surface area contributed by atoms with Crippen molar-refractivity contribution >= 4 is 12.0 Å². The summed E-state index contributed by atoms with van der Waals surface area (Å²) < 4.78 is 4.93. The standard InChI is InChI=1S/C11H10O2/c1-3-8-4-5-9-10(7(8)2)6-13-11(9)12/h3-5H,1,6H2,2H3. The molecule has 13 heavy (non-hydrogen) atoms. The minimum Gasteiger partial charge on any atom is -0.457 e. The molecule has 0 aliphatic carbocycles. The molecule has 0 bridgehead atoms. The van der Waals surface area contributed by atoms with Crippen LogP contribution in [0.1, 0.15) is 27.0 Å². The highest BCUT2D eigenvalue weighted by molar-refractivity contribution is 5.94. The maximum atomic E-state index is 11.2. The Labute approximate surface area is 76.8 Å². The summed E-state index contributed by atoms with van der Waals surface area (Å²) in [6.45, 7) is 6.10. The van der Waals surface area contributed by atoms with Gasteiger partial charge in [0, 0.05) is 5.56 Å². The van der Waals surface area contributed by atoms with Crippen LogP contribution in [0.2, 0.25) is 0 Å². The van der Waals surface area contributed by atoms with Gasteiger partial charge in [0.2, 0.25) is 0 Å². The Morgan fingerprint density at radius 1 is 1.54 bits per heavy atom. The van der Waals surface area contributed by atoms with Gasteiger partial charge in [-0.1, -0.05) is 18.7 Å². The summed E-state index contributed by atoms with van der Waals surface area (Å²) in [5, 5.41) is 0. The van der Waals surface area contributed by atoms with Gasteiger partial charge in [0.05, 0.1) is 5.56 Å². The molecule has 1 aromatic rings. The topological polar surface area (TPSA) is 26.3 Å². The van der Waals surface area contributed by atoms with Crippen LogP contribution in [0.5, 0.6) is 0 Å². The number of ether oxygens (including phenoxy) is 1. The van der Waals surface area contributed by atoms with Crippen LogP contribution < -0.4 is 0 Å². The summed E-state index contributed by atoms with van der Waals surface area (Å²) in [6.07, 6.45) is 1.79. The van der Waals surface area contributed by atoms with Crippen LogP contribution in [0.3, 0.4) is 0 Å². The predicted molar refractivity (Wildman–Crippen MR) is 50.4 cm³/mol. The van der Waals surface area contributed by atoms with Crippen molar-refractivity contribution < 1.29 is 9.53 Å². The van der Waals surface area contributed by atoms with E-state index in [2.05, 4.69) is 6.58 Å². The van der Waals surface area contributed by atoms with Crippen molar-refractivity contribution in [2.45, 2.75) is 13.5 Å². The Bertz CT molecular complexity index is 391. The Morgan fingerprint density at radius 3 is 3.00 bits per heavy atom. The van der Waals surface area contributed by atoms with E-state index >= 15 is 0 Å². The normalized spacial score (nSPS) is 13.8. The molecule has 0 N–H and O–H groups in total. The lowest BCUT2D eigenvalue weighted by atomic mass is 9.99. The van der Waals surface area contributed by atoms with E-state index in [9.17, 15) is 4.79 Å². The van der Waals surface area contributed by atoms with Gasteiger partial charge in [-0.2, -0.15) is 0 Å². The smallest absolute Gasteiger partial charge is 0.338 e. The first kappa shape index (κ1) is 8.05. The molecule has 2 heteroatoms. The molecule has 66 valence electrons. The van der Waals surface area contributed by atoms with E-state index in [0.717, 1.165) is 16.7 Å². The summed E-state index contributed by atoms with van der Waals surface area (Å²) in [5.41, 5.74) is 3.86. The van der Waals surface area contributed by atoms with Gasteiger partial charge in [-0.3, -0.25) is 0 Å². The number of rotatable bonds is 1. The summed E-state index contributed by atoms with van der Waals surface area (Å²) in [6, 6.07) is 3.70. The molecule has 0 fully saturated rings. The van der Waals surface area contributed by atoms with Gasteiger partial charge in [0.15, 0.2) is 0 Å². The van der Waals surface area contributed by atoms with Crippen LogP contribution in [0, 0.1) is 6.92 Å². The fraction of sp³-hybridized carbons (Fsp3) is 0.182. The van der Waals surface area contributed by atoms with Gasteiger partial charge in [0.1, 0.15) is 6.61 Å². The molecule has 0 spiro atoms. The first-order valence-corrected chi connectivity index (χ1v) is 4.16. The fourth-order valence-corrected chi connectivity index (χ4v) is 1.59. The zero-order valence-electron chi connectivity index (χ0n) is 7.46. The number of hydrogen-bond donors (Lipinski definition) is 0. The molecule has 1 aliphatic heterocycles. The summed E-state index contributed by atoms with van der Waals surface area (Å²) >= 11 is 0. The fourth-order valence-electron chi connectivity index (χ4n) is 1.59. The second-order valence-electron chi connectivity index (χ2n) is 3.09. The third-order valence-corrected chi connectivity index (χ3v) is 2.43. The van der Waals surface area contributed by atoms with E-state index in [1.54, 1.807) is 12.1 Å². The summed E-state index contributed by atoms with van der Waals surface area (Å²) in [5.74, 6) is -0.214. The first-order chi connectivity index (χ1) is 6.24. The van der Waals surface area contributed by atoms with E-state index in [-0.39, 0.29) is 5.97 Å². The molecular formula is C11H10O2. The summed E-state index contributed by atoms with van der Waals surface area (Å²) in [4.78, 5) is 11.2. The molecule has 0 aromatic heterocycles. The van der Waals surface area contributed by atoms with Crippen molar-refractivity contribution in [2.24, 2.45) is 0 Å². The van der Waals surface area contributed by atoms with Gasteiger partial charge >= 0.3 is 5.97 Å². The van der Waals surface area contributed by atoms with Gasteiger partial charge in [0.25, 0.3) is 0 Å². The Hall–Kier alpha value is -1.57. The molecule has 2 nitrogen and oxygen atoms in total. The molecule has 0 atom stereocenters. The number of carbonyl (C=O) groups is 1. The second-order valence-corrected chi connectivity index (χ2v) is 3.09. The number of benzene rings is 1. The minimum absolute atomic E-state index is 0.214. The summed E-state index contributed by atoms with van der Waals surface area (Å²) in [7, 11) is 0. The number of cyclic esters (lactones) is 1. The zero-order chi connectivity index (χ0) is 9.42. The average molecular weight is 174 g/mol. The molecule has 0 radical (unpaired) electrons. The Morgan fingerprint density at radius 2 is 2.31 bits per heavy atom. The molecule has 1 aliphatic rings. The van der Waals surface area contributed by atoms with Crippen LogP contribution in [-0.4, -0.2) is 5.97 Å². The monoisotopic (exact) mass is 174 g/mol. The predicted octanol–water partition coefficient (Wildman–Crippen LogP) is 2.31. The van der Waals surface area contributed by atoms with E-state index < -0.39 is 0 Å². The number of hydrogen-bond acceptors (Lipinski definition) is 2. The number of fused-ring (bicyclic) bond motifs is 1. The van der Waals surface area contributed by atoms with Crippen LogP contribution in [0.25, 0.3) is 6.08 Å². The molecule has 0 saturated carbocycles. The van der Waals surface area contributed by atoms with Gasteiger partial charge in [-0.25, -0.2) is 4.79 Å². The zero-order valence-corrected chi connectivity index (χ0v) is 7.46. The lowest BCUT2D eigenvalue weighted by Gasteiger charge is -2.03.